The molecule has 0 aliphatic carbocycles. The Morgan fingerprint density at radius 3 is 1.71 bits per heavy atom. The van der Waals surface area contributed by atoms with Gasteiger partial charge >= 0.3 is 0 Å². The van der Waals surface area contributed by atoms with E-state index in [0.29, 0.717) is 0 Å². The summed E-state index contributed by atoms with van der Waals surface area (Å²) in [6, 6.07) is 6.49. The average Bonchev–Trinajstić information content (AvgIpc) is 3.40. The van der Waals surface area contributed by atoms with Gasteiger partial charge in [0.1, 0.15) is 49.3 Å². The fourth-order valence-corrected chi connectivity index (χ4v) is 5.10. The number of ether oxygens (including phenoxy) is 9. The van der Waals surface area contributed by atoms with Crippen LogP contribution in [0.2, 0.25) is 0 Å². The topological polar surface area (TPSA) is 130 Å². The lowest BCUT2D eigenvalue weighted by Crippen LogP contribution is -2.62. The molecule has 0 N–H and O–H groups in total. The number of hydrogen-bond acceptors (Lipinski definition) is 12. The first-order chi connectivity index (χ1) is 18.4. The zero-order valence-electron chi connectivity index (χ0n) is 22.3. The summed E-state index contributed by atoms with van der Waals surface area (Å²) in [4.78, 5) is 31.3. The third-order valence-electron chi connectivity index (χ3n) is 6.93. The fourth-order valence-electron chi connectivity index (χ4n) is 5.10. The maximum Gasteiger partial charge on any atom is 0.285 e. The van der Waals surface area contributed by atoms with Crippen molar-refractivity contribution in [2.24, 2.45) is 0 Å². The molecule has 38 heavy (non-hydrogen) atoms. The minimum absolute atomic E-state index is 0.244. The number of carbonyl (C=O) groups excluding carboxylic acids is 2. The van der Waals surface area contributed by atoms with Crippen LogP contribution in [0.5, 0.6) is 0 Å². The smallest absolute Gasteiger partial charge is 0.285 e. The Hall–Kier alpha value is -2.04. The largest absolute Gasteiger partial charge is 0.382 e. The first kappa shape index (κ1) is 29.0. The molecule has 0 bridgehead atoms. The van der Waals surface area contributed by atoms with Crippen molar-refractivity contribution in [3.05, 3.63) is 35.4 Å². The quantitative estimate of drug-likeness (QED) is 0.340. The van der Waals surface area contributed by atoms with E-state index in [1.807, 2.05) is 0 Å². The van der Waals surface area contributed by atoms with E-state index >= 15 is 0 Å². The third-order valence-corrected chi connectivity index (χ3v) is 6.93. The lowest BCUT2D eigenvalue weighted by atomic mass is 9.98. The molecule has 0 radical (unpaired) electrons. The highest BCUT2D eigenvalue weighted by molar-refractivity contribution is 6.20. The van der Waals surface area contributed by atoms with Gasteiger partial charge in [-0.25, -0.2) is 0 Å². The van der Waals surface area contributed by atoms with Gasteiger partial charge in [-0.05, 0) is 12.1 Å². The van der Waals surface area contributed by atoms with Gasteiger partial charge in [0.2, 0.25) is 0 Å². The predicted octanol–water partition coefficient (Wildman–Crippen LogP) is 0.402. The number of fused-ring (bicyclic) bond motifs is 1. The van der Waals surface area contributed by atoms with Crippen molar-refractivity contribution in [2.75, 3.05) is 55.9 Å². The number of methoxy groups -OCH3 is 6. The van der Waals surface area contributed by atoms with E-state index in [1.54, 1.807) is 38.5 Å². The van der Waals surface area contributed by atoms with Gasteiger partial charge in [0.15, 0.2) is 12.6 Å². The Labute approximate surface area is 221 Å². The van der Waals surface area contributed by atoms with Crippen molar-refractivity contribution in [2.45, 2.75) is 55.3 Å². The Morgan fingerprint density at radius 2 is 1.18 bits per heavy atom. The zero-order chi connectivity index (χ0) is 27.4. The van der Waals surface area contributed by atoms with E-state index < -0.39 is 67.1 Å². The maximum absolute atomic E-state index is 12.8. The summed E-state index contributed by atoms with van der Waals surface area (Å²) in [6.45, 7) is 0.0116. The highest BCUT2D eigenvalue weighted by atomic mass is 16.8. The summed E-state index contributed by atoms with van der Waals surface area (Å²) < 4.78 is 52.0. The monoisotopic (exact) mass is 541 g/mol. The van der Waals surface area contributed by atoms with Crippen molar-refractivity contribution < 1.29 is 57.1 Å². The first-order valence-corrected chi connectivity index (χ1v) is 12.1. The molecule has 0 spiro atoms. The van der Waals surface area contributed by atoms with Crippen LogP contribution in [0.1, 0.15) is 20.7 Å². The molecule has 2 amide bonds. The highest BCUT2D eigenvalue weighted by Crippen LogP contribution is 2.34. The number of benzene rings is 1. The standard InChI is InChI=1S/C25H35NO12/c1-29-11-15-17(30-2)20(32-4)25(37-15)38-18-16(36-24(34-6)21(33-5)19(18)31-3)12-35-26-22(27)13-9-7-8-10-14(13)23(26)28/h7-10,15-21,24-25H,11-12H2,1-6H3/t15-,16-,17-,18-,19+,20+,21-,24+,25-/m1/s1. The normalized spacial score (nSPS) is 35.2. The van der Waals surface area contributed by atoms with Gasteiger partial charge in [-0.1, -0.05) is 12.1 Å². The van der Waals surface area contributed by atoms with Crippen LogP contribution in [0, 0.1) is 0 Å². The molecule has 1 aromatic rings. The van der Waals surface area contributed by atoms with E-state index in [2.05, 4.69) is 0 Å². The molecule has 0 aromatic heterocycles. The molecule has 2 saturated heterocycles. The van der Waals surface area contributed by atoms with Gasteiger partial charge in [-0.3, -0.25) is 14.4 Å². The molecule has 13 nitrogen and oxygen atoms in total. The average molecular weight is 542 g/mol. The van der Waals surface area contributed by atoms with Crippen LogP contribution in [0.25, 0.3) is 0 Å². The number of rotatable bonds is 12. The Morgan fingerprint density at radius 1 is 0.658 bits per heavy atom. The highest BCUT2D eigenvalue weighted by Gasteiger charge is 2.53. The van der Waals surface area contributed by atoms with E-state index in [-0.39, 0.29) is 24.3 Å². The van der Waals surface area contributed by atoms with Crippen LogP contribution in [-0.2, 0) is 47.5 Å². The van der Waals surface area contributed by atoms with Gasteiger partial charge in [0.05, 0.1) is 17.7 Å². The Balaban J connectivity index is 1.56. The maximum atomic E-state index is 12.8. The van der Waals surface area contributed by atoms with Crippen LogP contribution >= 0.6 is 0 Å². The molecule has 3 aliphatic heterocycles. The molecule has 13 heteroatoms. The molecule has 212 valence electrons. The summed E-state index contributed by atoms with van der Waals surface area (Å²) in [5.74, 6) is -1.13. The Kier molecular flexibility index (Phi) is 9.81. The number of imide groups is 1. The summed E-state index contributed by atoms with van der Waals surface area (Å²) >= 11 is 0. The number of hydrogen-bond donors (Lipinski definition) is 0. The lowest BCUT2D eigenvalue weighted by Gasteiger charge is -2.45. The molecule has 3 heterocycles. The number of amides is 2. The van der Waals surface area contributed by atoms with Crippen LogP contribution in [0.15, 0.2) is 24.3 Å². The van der Waals surface area contributed by atoms with Gasteiger partial charge in [-0.2, -0.15) is 0 Å². The van der Waals surface area contributed by atoms with Gasteiger partial charge in [0, 0.05) is 42.7 Å². The Bertz CT molecular complexity index is 927. The van der Waals surface area contributed by atoms with E-state index in [1.165, 1.54) is 28.4 Å². The van der Waals surface area contributed by atoms with Crippen molar-refractivity contribution in [3.63, 3.8) is 0 Å². The molecule has 4 rings (SSSR count). The molecule has 0 saturated carbocycles. The van der Waals surface area contributed by atoms with Crippen LogP contribution in [-0.4, -0.2) is 128 Å². The summed E-state index contributed by atoms with van der Waals surface area (Å²) in [5.41, 5.74) is 0.520. The van der Waals surface area contributed by atoms with Crippen LogP contribution in [0.3, 0.4) is 0 Å². The molecule has 1 aromatic carbocycles. The molecular weight excluding hydrogens is 506 g/mol. The lowest BCUT2D eigenvalue weighted by molar-refractivity contribution is -0.338. The van der Waals surface area contributed by atoms with Crippen molar-refractivity contribution in [3.8, 4) is 0 Å². The SMILES string of the molecule is COC[C@H]1O[C@H](O[C@H]2[C@H](OC)[C@@H](OC)[C@@H](OC)O[C@@H]2CON2C(=O)c3ccccc3C2=O)[C@@H](OC)[C@@H]1OC. The second kappa shape index (κ2) is 12.9. The molecule has 2 fully saturated rings. The third kappa shape index (κ3) is 5.36. The fraction of sp³-hybridized carbons (Fsp3) is 0.680. The summed E-state index contributed by atoms with van der Waals surface area (Å²) in [7, 11) is 9.10. The second-order valence-electron chi connectivity index (χ2n) is 8.92. The van der Waals surface area contributed by atoms with E-state index in [9.17, 15) is 9.59 Å². The second-order valence-corrected chi connectivity index (χ2v) is 8.92. The number of nitrogens with zero attached hydrogens (tertiary/aromatic N) is 1. The van der Waals surface area contributed by atoms with Gasteiger partial charge in [-0.15, -0.1) is 5.06 Å². The molecular formula is C25H35NO12. The van der Waals surface area contributed by atoms with Crippen LogP contribution in [0.4, 0.5) is 0 Å². The first-order valence-electron chi connectivity index (χ1n) is 12.1. The van der Waals surface area contributed by atoms with Gasteiger partial charge in [0.25, 0.3) is 11.8 Å². The molecule has 0 unspecified atom stereocenters. The minimum Gasteiger partial charge on any atom is -0.382 e. The minimum atomic E-state index is -0.894. The predicted molar refractivity (Wildman–Crippen MR) is 127 cm³/mol. The summed E-state index contributed by atoms with van der Waals surface area (Å²) in [6.07, 6.45) is -6.38. The van der Waals surface area contributed by atoms with Crippen molar-refractivity contribution in [1.82, 2.24) is 5.06 Å². The van der Waals surface area contributed by atoms with Gasteiger partial charge < -0.3 is 42.6 Å². The van der Waals surface area contributed by atoms with Crippen LogP contribution < -0.4 is 0 Å². The number of hydroxylamine groups is 2. The van der Waals surface area contributed by atoms with E-state index in [4.69, 9.17) is 47.5 Å². The van der Waals surface area contributed by atoms with Crippen molar-refractivity contribution in [1.29, 1.82) is 0 Å². The number of carbonyl (C=O) groups is 2. The molecule has 9 atom stereocenters. The summed E-state index contributed by atoms with van der Waals surface area (Å²) in [5, 5.41) is 0.719. The zero-order valence-corrected chi connectivity index (χ0v) is 22.3. The van der Waals surface area contributed by atoms with E-state index in [0.717, 1.165) is 5.06 Å². The molecule has 3 aliphatic rings. The van der Waals surface area contributed by atoms with Crippen molar-refractivity contribution >= 4 is 11.8 Å².